The minimum atomic E-state index is -0.434. The van der Waals surface area contributed by atoms with Crippen molar-refractivity contribution in [2.75, 3.05) is 30.3 Å². The van der Waals surface area contributed by atoms with Gasteiger partial charge in [-0.3, -0.25) is 4.79 Å². The van der Waals surface area contributed by atoms with Crippen LogP contribution in [0.1, 0.15) is 29.4 Å². The number of carbonyl (C=O) groups is 1. The first-order valence-electron chi connectivity index (χ1n) is 6.70. The summed E-state index contributed by atoms with van der Waals surface area (Å²) in [5, 5.41) is 12.6. The number of nitrogens with zero attached hydrogens (tertiary/aromatic N) is 2. The van der Waals surface area contributed by atoms with Crippen LogP contribution in [0, 0.1) is 0 Å². The molecule has 0 radical (unpaired) electrons. The van der Waals surface area contributed by atoms with Crippen molar-refractivity contribution in [1.29, 1.82) is 0 Å². The summed E-state index contributed by atoms with van der Waals surface area (Å²) in [6, 6.07) is 0.156. The van der Waals surface area contributed by atoms with E-state index in [0.717, 1.165) is 24.6 Å². The summed E-state index contributed by atoms with van der Waals surface area (Å²) in [4.78, 5) is 18.7. The van der Waals surface area contributed by atoms with E-state index in [-0.39, 0.29) is 17.8 Å². The number of nitrogen functional groups attached to an aromatic ring is 1. The second-order valence-corrected chi connectivity index (χ2v) is 6.08. The molecule has 2 unspecified atom stereocenters. The molecule has 6 N–H and O–H groups in total. The zero-order valence-corrected chi connectivity index (χ0v) is 12.3. The molecule has 2 atom stereocenters. The molecule has 1 amide bonds. The van der Waals surface area contributed by atoms with Crippen LogP contribution in [0.25, 0.3) is 0 Å². The molecule has 1 aromatic heterocycles. The lowest BCUT2D eigenvalue weighted by molar-refractivity contribution is 0.0950. The molecule has 2 rings (SSSR count). The van der Waals surface area contributed by atoms with Crippen LogP contribution in [-0.2, 0) is 0 Å². The number of aromatic nitrogens is 1. The van der Waals surface area contributed by atoms with E-state index in [1.165, 1.54) is 11.3 Å². The minimum Gasteiger partial charge on any atom is -0.393 e. The molecular weight excluding hydrogens is 278 g/mol. The van der Waals surface area contributed by atoms with E-state index in [1.807, 2.05) is 0 Å². The number of carbonyl (C=O) groups excluding carboxylic acids is 1. The lowest BCUT2D eigenvalue weighted by atomic mass is 10.3. The molecule has 0 aromatic carbocycles. The molecule has 1 aliphatic heterocycles. The average molecular weight is 299 g/mol. The highest BCUT2D eigenvalue weighted by Gasteiger charge is 2.24. The van der Waals surface area contributed by atoms with Crippen LogP contribution < -0.4 is 21.7 Å². The number of anilines is 2. The van der Waals surface area contributed by atoms with Crippen LogP contribution >= 0.6 is 11.3 Å². The molecule has 0 aliphatic carbocycles. The molecule has 1 saturated heterocycles. The van der Waals surface area contributed by atoms with E-state index in [1.54, 1.807) is 6.92 Å². The van der Waals surface area contributed by atoms with Gasteiger partial charge in [0.2, 0.25) is 0 Å². The second-order valence-electron chi connectivity index (χ2n) is 5.10. The third kappa shape index (κ3) is 3.59. The van der Waals surface area contributed by atoms with Crippen LogP contribution in [0.3, 0.4) is 0 Å². The Balaban J connectivity index is 1.98. The third-order valence-electron chi connectivity index (χ3n) is 3.19. The average Bonchev–Trinajstić information content (AvgIpc) is 2.95. The van der Waals surface area contributed by atoms with Gasteiger partial charge in [-0.25, -0.2) is 4.98 Å². The largest absolute Gasteiger partial charge is 0.393 e. The van der Waals surface area contributed by atoms with E-state index in [2.05, 4.69) is 15.2 Å². The first-order chi connectivity index (χ1) is 9.47. The summed E-state index contributed by atoms with van der Waals surface area (Å²) in [5.41, 5.74) is 11.7. The first kappa shape index (κ1) is 15.0. The van der Waals surface area contributed by atoms with E-state index in [4.69, 9.17) is 16.6 Å². The van der Waals surface area contributed by atoms with Crippen molar-refractivity contribution < 1.29 is 9.90 Å². The molecule has 7 nitrogen and oxygen atoms in total. The summed E-state index contributed by atoms with van der Waals surface area (Å²) >= 11 is 1.29. The van der Waals surface area contributed by atoms with Crippen LogP contribution in [0.2, 0.25) is 0 Å². The molecule has 0 spiro atoms. The van der Waals surface area contributed by atoms with Crippen molar-refractivity contribution in [1.82, 2.24) is 10.3 Å². The van der Waals surface area contributed by atoms with E-state index < -0.39 is 6.10 Å². The number of rotatable bonds is 5. The Kier molecular flexibility index (Phi) is 4.79. The predicted molar refractivity (Wildman–Crippen MR) is 80.0 cm³/mol. The fraction of sp³-hybridized carbons (Fsp3) is 0.667. The summed E-state index contributed by atoms with van der Waals surface area (Å²) in [5.74, 6) is 0.00964. The molecular formula is C12H21N5O2S. The molecule has 1 fully saturated rings. The maximum atomic E-state index is 12.0. The number of amides is 1. The lowest BCUT2D eigenvalue weighted by Gasteiger charge is -2.12. The van der Waals surface area contributed by atoms with Gasteiger partial charge in [0.25, 0.3) is 5.91 Å². The fourth-order valence-electron chi connectivity index (χ4n) is 2.05. The number of hydrogen-bond acceptors (Lipinski definition) is 7. The van der Waals surface area contributed by atoms with Gasteiger partial charge in [-0.15, -0.1) is 0 Å². The fourth-order valence-corrected chi connectivity index (χ4v) is 2.99. The normalized spacial score (nSPS) is 20.1. The van der Waals surface area contributed by atoms with Gasteiger partial charge in [0.15, 0.2) is 5.13 Å². The Morgan fingerprint density at radius 1 is 1.70 bits per heavy atom. The third-order valence-corrected chi connectivity index (χ3v) is 4.32. The van der Waals surface area contributed by atoms with Gasteiger partial charge in [-0.1, -0.05) is 11.3 Å². The molecule has 0 bridgehead atoms. The van der Waals surface area contributed by atoms with Gasteiger partial charge >= 0.3 is 0 Å². The Morgan fingerprint density at radius 3 is 3.05 bits per heavy atom. The van der Waals surface area contributed by atoms with Crippen LogP contribution in [0.5, 0.6) is 0 Å². The van der Waals surface area contributed by atoms with Crippen LogP contribution in [0.15, 0.2) is 0 Å². The predicted octanol–water partition coefficient (Wildman–Crippen LogP) is -0.237. The van der Waals surface area contributed by atoms with Gasteiger partial charge in [-0.05, 0) is 19.8 Å². The molecule has 112 valence electrons. The number of nitrogens with one attached hydrogen (secondary N) is 1. The Bertz CT molecular complexity index is 476. The van der Waals surface area contributed by atoms with Crippen molar-refractivity contribution in [3.05, 3.63) is 4.88 Å². The number of aliphatic hydroxyl groups excluding tert-OH is 1. The van der Waals surface area contributed by atoms with E-state index >= 15 is 0 Å². The summed E-state index contributed by atoms with van der Waals surface area (Å²) in [7, 11) is 0. The Morgan fingerprint density at radius 2 is 2.45 bits per heavy atom. The number of thiazole rings is 1. The summed E-state index contributed by atoms with van der Waals surface area (Å²) in [6.45, 7) is 3.69. The van der Waals surface area contributed by atoms with E-state index in [0.29, 0.717) is 17.8 Å². The number of nitrogens with two attached hydrogens (primary N) is 2. The summed E-state index contributed by atoms with van der Waals surface area (Å²) in [6.07, 6.45) is 1.00. The van der Waals surface area contributed by atoms with Gasteiger partial charge in [-0.2, -0.15) is 0 Å². The SMILES string of the molecule is CC(O)CCNC(=O)c1sc(N2CCC(N)C2)nc1N. The molecule has 2 heterocycles. The van der Waals surface area contributed by atoms with Crippen molar-refractivity contribution >= 4 is 28.2 Å². The highest BCUT2D eigenvalue weighted by molar-refractivity contribution is 7.18. The van der Waals surface area contributed by atoms with E-state index in [9.17, 15) is 4.79 Å². The van der Waals surface area contributed by atoms with Gasteiger partial charge in [0, 0.05) is 25.7 Å². The van der Waals surface area contributed by atoms with Crippen molar-refractivity contribution in [3.63, 3.8) is 0 Å². The highest BCUT2D eigenvalue weighted by atomic mass is 32.1. The second kappa shape index (κ2) is 6.38. The first-order valence-corrected chi connectivity index (χ1v) is 7.52. The zero-order chi connectivity index (χ0) is 14.7. The molecule has 8 heteroatoms. The number of aliphatic hydroxyl groups is 1. The van der Waals surface area contributed by atoms with Gasteiger partial charge < -0.3 is 26.8 Å². The molecule has 20 heavy (non-hydrogen) atoms. The maximum Gasteiger partial charge on any atom is 0.265 e. The smallest absolute Gasteiger partial charge is 0.265 e. The lowest BCUT2D eigenvalue weighted by Crippen LogP contribution is -2.26. The van der Waals surface area contributed by atoms with Crippen molar-refractivity contribution in [2.24, 2.45) is 5.73 Å². The highest BCUT2D eigenvalue weighted by Crippen LogP contribution is 2.30. The maximum absolute atomic E-state index is 12.0. The molecule has 1 aromatic rings. The topological polar surface area (TPSA) is 118 Å². The zero-order valence-electron chi connectivity index (χ0n) is 11.5. The van der Waals surface area contributed by atoms with Gasteiger partial charge in [0.1, 0.15) is 10.7 Å². The Labute approximate surface area is 122 Å². The molecule has 0 saturated carbocycles. The van der Waals surface area contributed by atoms with Crippen molar-refractivity contribution in [2.45, 2.75) is 31.9 Å². The quantitative estimate of drug-likeness (QED) is 0.596. The monoisotopic (exact) mass is 299 g/mol. The summed E-state index contributed by atoms with van der Waals surface area (Å²) < 4.78 is 0. The Hall–Kier alpha value is -1.38. The van der Waals surface area contributed by atoms with Crippen molar-refractivity contribution in [3.8, 4) is 0 Å². The molecule has 1 aliphatic rings. The van der Waals surface area contributed by atoms with Crippen LogP contribution in [0.4, 0.5) is 10.9 Å². The van der Waals surface area contributed by atoms with Gasteiger partial charge in [0.05, 0.1) is 6.10 Å². The standard InChI is InChI=1S/C12H21N5O2S/c1-7(18)2-4-15-11(19)9-10(14)16-12(20-9)17-5-3-8(13)6-17/h7-8,18H,2-6,13-14H2,1H3,(H,15,19). The van der Waals surface area contributed by atoms with Crippen LogP contribution in [-0.4, -0.2) is 47.8 Å². The minimum absolute atomic E-state index is 0.156. The number of hydrogen-bond donors (Lipinski definition) is 4.